The van der Waals surface area contributed by atoms with Gasteiger partial charge < -0.3 is 10.6 Å². The highest BCUT2D eigenvalue weighted by Gasteiger charge is 2.58. The molecule has 3 rings (SSSR count). The Balaban J connectivity index is 1.52. The summed E-state index contributed by atoms with van der Waals surface area (Å²) < 4.78 is 23.1. The van der Waals surface area contributed by atoms with Gasteiger partial charge in [0.2, 0.25) is 11.8 Å². The highest BCUT2D eigenvalue weighted by molar-refractivity contribution is 7.91. The number of allylic oxidation sites excluding steroid dienone is 2. The Bertz CT molecular complexity index is 731. The van der Waals surface area contributed by atoms with Crippen molar-refractivity contribution in [2.75, 3.05) is 37.7 Å². The van der Waals surface area contributed by atoms with Gasteiger partial charge in [0.1, 0.15) is 0 Å². The minimum absolute atomic E-state index is 0.00229. The van der Waals surface area contributed by atoms with Crippen molar-refractivity contribution in [1.82, 2.24) is 15.5 Å². The van der Waals surface area contributed by atoms with E-state index in [0.29, 0.717) is 25.6 Å². The number of guanidine groups is 1. The maximum Gasteiger partial charge on any atom is 0.233 e. The van der Waals surface area contributed by atoms with E-state index >= 15 is 0 Å². The van der Waals surface area contributed by atoms with Crippen LogP contribution in [0.1, 0.15) is 20.3 Å². The van der Waals surface area contributed by atoms with E-state index in [-0.39, 0.29) is 53.5 Å². The van der Waals surface area contributed by atoms with E-state index in [0.717, 1.165) is 6.42 Å². The smallest absolute Gasteiger partial charge is 0.233 e. The van der Waals surface area contributed by atoms with Crippen molar-refractivity contribution in [3.8, 4) is 0 Å². The second kappa shape index (κ2) is 8.00. The average molecular weight is 397 g/mol. The summed E-state index contributed by atoms with van der Waals surface area (Å²) in [5, 5.41) is 6.12. The number of hydrogen-bond acceptors (Lipinski definition) is 5. The molecule has 2 N–H and O–H groups in total. The van der Waals surface area contributed by atoms with Gasteiger partial charge in [-0.05, 0) is 25.2 Å². The van der Waals surface area contributed by atoms with Crippen LogP contribution in [0.25, 0.3) is 0 Å². The SMILES string of the molecule is CCNC(=NCCS(=O)(=O)CC)NCCN1C(=O)C2C3C=CC(C3)C2C1=O. The number of carbonyl (C=O) groups excluding carboxylic acids is 2. The summed E-state index contributed by atoms with van der Waals surface area (Å²) >= 11 is 0. The number of aliphatic imine (C=N–C) groups is 1. The summed E-state index contributed by atoms with van der Waals surface area (Å²) in [5.41, 5.74) is 0. The molecule has 9 heteroatoms. The number of carbonyl (C=O) groups is 2. The Morgan fingerprint density at radius 2 is 1.78 bits per heavy atom. The molecule has 0 aromatic rings. The first-order chi connectivity index (χ1) is 12.9. The average Bonchev–Trinajstić information content (AvgIpc) is 3.31. The molecule has 4 unspecified atom stereocenters. The minimum Gasteiger partial charge on any atom is -0.357 e. The zero-order valence-electron chi connectivity index (χ0n) is 15.8. The Hall–Kier alpha value is -1.90. The van der Waals surface area contributed by atoms with Gasteiger partial charge in [0.05, 0.1) is 24.1 Å². The van der Waals surface area contributed by atoms with Crippen molar-refractivity contribution in [3.63, 3.8) is 0 Å². The summed E-state index contributed by atoms with van der Waals surface area (Å²) in [6, 6.07) is 0. The van der Waals surface area contributed by atoms with Gasteiger partial charge in [-0.15, -0.1) is 0 Å². The van der Waals surface area contributed by atoms with Crippen LogP contribution in [0.5, 0.6) is 0 Å². The summed E-state index contributed by atoms with van der Waals surface area (Å²) in [5.74, 6) is 0.571. The van der Waals surface area contributed by atoms with E-state index in [1.54, 1.807) is 6.92 Å². The third-order valence-electron chi connectivity index (χ3n) is 5.65. The van der Waals surface area contributed by atoms with Gasteiger partial charge in [-0.2, -0.15) is 0 Å². The van der Waals surface area contributed by atoms with Crippen LogP contribution in [-0.4, -0.2) is 68.8 Å². The second-order valence-electron chi connectivity index (χ2n) is 7.25. The summed E-state index contributed by atoms with van der Waals surface area (Å²) in [4.78, 5) is 30.9. The number of imide groups is 1. The zero-order valence-corrected chi connectivity index (χ0v) is 16.7. The van der Waals surface area contributed by atoms with Crippen LogP contribution >= 0.6 is 0 Å². The number of fused-ring (bicyclic) bond motifs is 5. The van der Waals surface area contributed by atoms with E-state index in [2.05, 4.69) is 27.8 Å². The first kappa shape index (κ1) is 19.9. The van der Waals surface area contributed by atoms with Crippen molar-refractivity contribution >= 4 is 27.6 Å². The molecule has 150 valence electrons. The first-order valence-electron chi connectivity index (χ1n) is 9.64. The van der Waals surface area contributed by atoms with E-state index in [1.165, 1.54) is 4.90 Å². The molecule has 2 amide bonds. The molecular formula is C18H28N4O4S. The number of amides is 2. The molecule has 8 nitrogen and oxygen atoms in total. The van der Waals surface area contributed by atoms with Gasteiger partial charge >= 0.3 is 0 Å². The van der Waals surface area contributed by atoms with Crippen LogP contribution in [-0.2, 0) is 19.4 Å². The van der Waals surface area contributed by atoms with Crippen LogP contribution in [0.2, 0.25) is 0 Å². The lowest BCUT2D eigenvalue weighted by Crippen LogP contribution is -2.43. The molecule has 2 aliphatic carbocycles. The molecule has 0 spiro atoms. The van der Waals surface area contributed by atoms with Gasteiger partial charge in [0.15, 0.2) is 15.8 Å². The van der Waals surface area contributed by atoms with Crippen LogP contribution in [0, 0.1) is 23.7 Å². The Kier molecular flexibility index (Phi) is 5.88. The van der Waals surface area contributed by atoms with Crippen LogP contribution < -0.4 is 10.6 Å². The Morgan fingerprint density at radius 3 is 2.33 bits per heavy atom. The van der Waals surface area contributed by atoms with E-state index in [9.17, 15) is 18.0 Å². The standard InChI is InChI=1S/C18H28N4O4S/c1-3-19-18(21-8-10-27(25,26)4-2)20-7-9-22-16(23)14-12-5-6-13(11-12)15(14)17(22)24/h5-6,12-15H,3-4,7-11H2,1-2H3,(H2,19,20,21). The van der Waals surface area contributed by atoms with Crippen molar-refractivity contribution in [3.05, 3.63) is 12.2 Å². The largest absolute Gasteiger partial charge is 0.357 e. The number of hydrogen-bond donors (Lipinski definition) is 2. The van der Waals surface area contributed by atoms with Gasteiger partial charge in [-0.1, -0.05) is 19.1 Å². The lowest BCUT2D eigenvalue weighted by molar-refractivity contribution is -0.140. The number of rotatable bonds is 8. The molecule has 1 saturated carbocycles. The molecule has 27 heavy (non-hydrogen) atoms. The predicted octanol–water partition coefficient (Wildman–Crippen LogP) is -0.217. The summed E-state index contributed by atoms with van der Waals surface area (Å²) in [7, 11) is -3.06. The van der Waals surface area contributed by atoms with Crippen molar-refractivity contribution < 1.29 is 18.0 Å². The predicted molar refractivity (Wildman–Crippen MR) is 103 cm³/mol. The maximum atomic E-state index is 12.6. The number of sulfone groups is 1. The zero-order chi connectivity index (χ0) is 19.6. The fourth-order valence-electron chi connectivity index (χ4n) is 4.25. The molecule has 3 aliphatic rings. The normalized spacial score (nSPS) is 29.6. The van der Waals surface area contributed by atoms with Crippen LogP contribution in [0.3, 0.4) is 0 Å². The van der Waals surface area contributed by atoms with E-state index in [1.807, 2.05) is 6.92 Å². The fourth-order valence-corrected chi connectivity index (χ4v) is 4.91. The molecule has 0 aromatic carbocycles. The van der Waals surface area contributed by atoms with Gasteiger partial charge in [0.25, 0.3) is 0 Å². The molecule has 1 aliphatic heterocycles. The molecule has 1 heterocycles. The third-order valence-corrected chi connectivity index (χ3v) is 7.33. The van der Waals surface area contributed by atoms with Gasteiger partial charge in [-0.25, -0.2) is 8.42 Å². The molecule has 0 radical (unpaired) electrons. The topological polar surface area (TPSA) is 108 Å². The van der Waals surface area contributed by atoms with Crippen molar-refractivity contribution in [2.45, 2.75) is 20.3 Å². The van der Waals surface area contributed by atoms with E-state index < -0.39 is 9.84 Å². The van der Waals surface area contributed by atoms with Crippen molar-refractivity contribution in [2.24, 2.45) is 28.7 Å². The summed E-state index contributed by atoms with van der Waals surface area (Å²) in [6.45, 7) is 5.01. The second-order valence-corrected chi connectivity index (χ2v) is 9.72. The quantitative estimate of drug-likeness (QED) is 0.254. The Morgan fingerprint density at radius 1 is 1.15 bits per heavy atom. The van der Waals surface area contributed by atoms with Gasteiger partial charge in [-0.3, -0.25) is 19.5 Å². The minimum atomic E-state index is -3.06. The number of nitrogens with zero attached hydrogens (tertiary/aromatic N) is 2. The lowest BCUT2D eigenvalue weighted by Gasteiger charge is -2.18. The van der Waals surface area contributed by atoms with Crippen LogP contribution in [0.4, 0.5) is 0 Å². The molecule has 4 atom stereocenters. The molecule has 2 fully saturated rings. The monoisotopic (exact) mass is 396 g/mol. The highest BCUT2D eigenvalue weighted by Crippen LogP contribution is 2.52. The third kappa shape index (κ3) is 4.02. The molecule has 1 saturated heterocycles. The summed E-state index contributed by atoms with van der Waals surface area (Å²) in [6.07, 6.45) is 5.09. The fraction of sp³-hybridized carbons (Fsp3) is 0.722. The molecule has 2 bridgehead atoms. The Labute approximate surface area is 160 Å². The lowest BCUT2D eigenvalue weighted by atomic mass is 9.85. The van der Waals surface area contributed by atoms with Crippen molar-refractivity contribution in [1.29, 1.82) is 0 Å². The van der Waals surface area contributed by atoms with Gasteiger partial charge in [0, 0.05) is 25.4 Å². The number of likely N-dealkylation sites (tertiary alicyclic amines) is 1. The molecule has 0 aromatic heterocycles. The first-order valence-corrected chi connectivity index (χ1v) is 11.5. The highest BCUT2D eigenvalue weighted by atomic mass is 32.2. The maximum absolute atomic E-state index is 12.6. The van der Waals surface area contributed by atoms with E-state index in [4.69, 9.17) is 0 Å². The van der Waals surface area contributed by atoms with Crippen LogP contribution in [0.15, 0.2) is 17.1 Å². The molecular weight excluding hydrogens is 368 g/mol. The number of nitrogens with one attached hydrogen (secondary N) is 2.